The Bertz CT molecular complexity index is 1280. The van der Waals surface area contributed by atoms with Gasteiger partial charge in [0.1, 0.15) is 18.3 Å². The molecule has 2 saturated heterocycles. The van der Waals surface area contributed by atoms with Gasteiger partial charge < -0.3 is 19.3 Å². The number of rotatable bonds is 1. The van der Waals surface area contributed by atoms with E-state index in [9.17, 15) is 19.5 Å². The number of fused-ring (bicyclic) bond motifs is 6. The molecule has 0 aromatic rings. The molecule has 7 nitrogen and oxygen atoms in total. The van der Waals surface area contributed by atoms with Crippen LogP contribution in [-0.2, 0) is 28.6 Å². The van der Waals surface area contributed by atoms with Crippen LogP contribution in [0.1, 0.15) is 73.1 Å². The van der Waals surface area contributed by atoms with Crippen molar-refractivity contribution in [1.82, 2.24) is 0 Å². The standard InChI is InChI=1S/C32H40O7/c1-14-7-8-25(34)30(6)12-24-22(11-20(14)30)32(29(36)39-24)13-31-15(2)9-23-19(16(3)28(35)38-23)10-21(31)17(4)26(32)27(31)37-18(5)33/h11,14-15,19,22-27,34H,3,7-10,12-13H2,1-2,4-6H3/t14-,15-,19+,22-,23-,24+,25+,26-,27+,30+,31-,32-/m1/s1. The molecule has 1 N–H and O–H groups in total. The van der Waals surface area contributed by atoms with Gasteiger partial charge in [-0.05, 0) is 57.3 Å². The number of hydrogen-bond acceptors (Lipinski definition) is 7. The lowest BCUT2D eigenvalue weighted by Crippen LogP contribution is -2.49. The highest BCUT2D eigenvalue weighted by molar-refractivity contribution is 5.91. The first kappa shape index (κ1) is 25.6. The van der Waals surface area contributed by atoms with Crippen LogP contribution in [-0.4, -0.2) is 47.4 Å². The third-order valence-corrected chi connectivity index (χ3v) is 12.5. The molecule has 2 aliphatic heterocycles. The fourth-order valence-electron chi connectivity index (χ4n) is 10.7. The van der Waals surface area contributed by atoms with Crippen LogP contribution in [0, 0.1) is 45.8 Å². The summed E-state index contributed by atoms with van der Waals surface area (Å²) in [5, 5.41) is 11.1. The van der Waals surface area contributed by atoms with Crippen LogP contribution in [0.5, 0.6) is 0 Å². The van der Waals surface area contributed by atoms with Crippen LogP contribution in [0.15, 0.2) is 34.9 Å². The summed E-state index contributed by atoms with van der Waals surface area (Å²) in [4.78, 5) is 39.2. The van der Waals surface area contributed by atoms with E-state index in [-0.39, 0.29) is 53.8 Å². The zero-order chi connectivity index (χ0) is 27.8. The Kier molecular flexibility index (Phi) is 5.15. The molecular formula is C32H40O7. The first-order valence-corrected chi connectivity index (χ1v) is 14.7. The van der Waals surface area contributed by atoms with E-state index >= 15 is 0 Å². The Hall–Kier alpha value is -2.41. The van der Waals surface area contributed by atoms with Crippen LogP contribution in [0.3, 0.4) is 0 Å². The Balaban J connectivity index is 1.39. The van der Waals surface area contributed by atoms with Crippen molar-refractivity contribution >= 4 is 17.9 Å². The monoisotopic (exact) mass is 536 g/mol. The summed E-state index contributed by atoms with van der Waals surface area (Å²) in [5.41, 5.74) is 2.34. The zero-order valence-electron chi connectivity index (χ0n) is 23.6. The van der Waals surface area contributed by atoms with E-state index in [0.717, 1.165) is 18.4 Å². The minimum Gasteiger partial charge on any atom is -0.461 e. The average Bonchev–Trinajstić information content (AvgIpc) is 3.44. The average molecular weight is 537 g/mol. The Labute approximate surface area is 230 Å². The summed E-state index contributed by atoms with van der Waals surface area (Å²) in [6.45, 7) is 14.1. The van der Waals surface area contributed by atoms with Crippen molar-refractivity contribution in [3.8, 4) is 0 Å². The molecule has 3 saturated carbocycles. The lowest BCUT2D eigenvalue weighted by Gasteiger charge is -2.50. The second kappa shape index (κ2) is 7.86. The van der Waals surface area contributed by atoms with E-state index in [1.165, 1.54) is 18.1 Å². The minimum absolute atomic E-state index is 0.0219. The van der Waals surface area contributed by atoms with Crippen LogP contribution < -0.4 is 0 Å². The number of hydrogen-bond donors (Lipinski definition) is 1. The van der Waals surface area contributed by atoms with Gasteiger partial charge in [-0.2, -0.15) is 0 Å². The molecule has 39 heavy (non-hydrogen) atoms. The Morgan fingerprint density at radius 3 is 2.62 bits per heavy atom. The smallest absolute Gasteiger partial charge is 0.334 e. The molecule has 7 heteroatoms. The third kappa shape index (κ3) is 2.90. The lowest BCUT2D eigenvalue weighted by molar-refractivity contribution is -0.156. The van der Waals surface area contributed by atoms with Gasteiger partial charge >= 0.3 is 17.9 Å². The molecule has 0 aromatic carbocycles. The molecule has 7 aliphatic rings. The number of carbonyl (C=O) groups is 3. The molecule has 0 radical (unpaired) electrons. The quantitative estimate of drug-likeness (QED) is 0.229. The summed E-state index contributed by atoms with van der Waals surface area (Å²) in [6.07, 6.45) is 4.96. The van der Waals surface area contributed by atoms with Gasteiger partial charge in [0.05, 0.1) is 11.5 Å². The number of carbonyl (C=O) groups excluding carboxylic acids is 3. The maximum Gasteiger partial charge on any atom is 0.334 e. The normalized spacial score (nSPS) is 51.5. The van der Waals surface area contributed by atoms with E-state index in [4.69, 9.17) is 14.2 Å². The summed E-state index contributed by atoms with van der Waals surface area (Å²) < 4.78 is 18.3. The maximum atomic E-state index is 14.2. The van der Waals surface area contributed by atoms with Crippen molar-refractivity contribution in [3.63, 3.8) is 0 Å². The van der Waals surface area contributed by atoms with E-state index < -0.39 is 28.5 Å². The molecule has 0 amide bonds. The fourth-order valence-corrected chi connectivity index (χ4v) is 10.7. The van der Waals surface area contributed by atoms with Gasteiger partial charge in [0.2, 0.25) is 0 Å². The van der Waals surface area contributed by atoms with Crippen molar-refractivity contribution < 1.29 is 33.7 Å². The molecule has 7 rings (SSSR count). The summed E-state index contributed by atoms with van der Waals surface area (Å²) in [7, 11) is 0. The molecule has 0 aromatic heterocycles. The van der Waals surface area contributed by atoms with Crippen LogP contribution in [0.25, 0.3) is 0 Å². The molecule has 0 unspecified atom stereocenters. The van der Waals surface area contributed by atoms with Crippen molar-refractivity contribution in [3.05, 3.63) is 34.9 Å². The molecule has 12 atom stereocenters. The van der Waals surface area contributed by atoms with Gasteiger partial charge in [0.25, 0.3) is 0 Å². The molecule has 5 aliphatic carbocycles. The second-order valence-electron chi connectivity index (χ2n) is 14.1. The first-order chi connectivity index (χ1) is 18.4. The van der Waals surface area contributed by atoms with Gasteiger partial charge in [-0.15, -0.1) is 0 Å². The predicted octanol–water partition coefficient (Wildman–Crippen LogP) is 4.44. The van der Waals surface area contributed by atoms with E-state index in [1.807, 2.05) is 0 Å². The third-order valence-electron chi connectivity index (χ3n) is 12.5. The highest BCUT2D eigenvalue weighted by Crippen LogP contribution is 2.76. The van der Waals surface area contributed by atoms with Crippen LogP contribution in [0.2, 0.25) is 0 Å². The summed E-state index contributed by atoms with van der Waals surface area (Å²) in [6, 6.07) is 0. The Morgan fingerprint density at radius 2 is 1.90 bits per heavy atom. The molecule has 210 valence electrons. The number of aliphatic hydroxyl groups is 1. The maximum absolute atomic E-state index is 14.2. The second-order valence-corrected chi connectivity index (χ2v) is 14.1. The molecule has 2 bridgehead atoms. The van der Waals surface area contributed by atoms with E-state index in [1.54, 1.807) is 0 Å². The van der Waals surface area contributed by atoms with Gasteiger partial charge in [0.15, 0.2) is 0 Å². The largest absolute Gasteiger partial charge is 0.461 e. The molecule has 2 heterocycles. The van der Waals surface area contributed by atoms with Gasteiger partial charge in [-0.3, -0.25) is 9.59 Å². The highest BCUT2D eigenvalue weighted by Gasteiger charge is 2.79. The van der Waals surface area contributed by atoms with Crippen molar-refractivity contribution in [2.45, 2.75) is 97.6 Å². The minimum atomic E-state index is -0.823. The SMILES string of the molecule is C=C1C(=O)O[C@@H]2C[C@@H](C)[C@]34C[C@]5(C(=O)O[C@H]6C[C@@]7(C)C(=C[C@H]65)[C@H](C)CC[C@@H]7O)[C@H](C(C)=C3C[C@@H]12)[C@@H]4OC(C)=O. The molecule has 5 fully saturated rings. The van der Waals surface area contributed by atoms with Crippen molar-refractivity contribution in [2.24, 2.45) is 45.8 Å². The lowest BCUT2D eigenvalue weighted by atomic mass is 9.53. The molecule has 2 spiro atoms. The van der Waals surface area contributed by atoms with Crippen LogP contribution >= 0.6 is 0 Å². The first-order valence-electron chi connectivity index (χ1n) is 14.7. The Morgan fingerprint density at radius 1 is 1.15 bits per heavy atom. The predicted molar refractivity (Wildman–Crippen MR) is 141 cm³/mol. The van der Waals surface area contributed by atoms with Crippen LogP contribution in [0.4, 0.5) is 0 Å². The summed E-state index contributed by atoms with van der Waals surface area (Å²) in [5.74, 6) is -1.01. The summed E-state index contributed by atoms with van der Waals surface area (Å²) >= 11 is 0. The van der Waals surface area contributed by atoms with Crippen molar-refractivity contribution in [2.75, 3.05) is 0 Å². The van der Waals surface area contributed by atoms with Gasteiger partial charge in [0, 0.05) is 41.1 Å². The zero-order valence-corrected chi connectivity index (χ0v) is 23.6. The van der Waals surface area contributed by atoms with Gasteiger partial charge in [-0.1, -0.05) is 50.1 Å². The topological polar surface area (TPSA) is 99.1 Å². The van der Waals surface area contributed by atoms with Crippen molar-refractivity contribution in [1.29, 1.82) is 0 Å². The number of aliphatic hydroxyl groups excluding tert-OH is 1. The molecular weight excluding hydrogens is 496 g/mol. The highest BCUT2D eigenvalue weighted by atomic mass is 16.6. The fraction of sp³-hybridized carbons (Fsp3) is 0.719. The number of ether oxygens (including phenoxy) is 3. The van der Waals surface area contributed by atoms with E-state index in [0.29, 0.717) is 37.2 Å². The van der Waals surface area contributed by atoms with E-state index in [2.05, 4.69) is 40.3 Å². The van der Waals surface area contributed by atoms with Gasteiger partial charge in [-0.25, -0.2) is 4.79 Å². The number of esters is 3.